The van der Waals surface area contributed by atoms with Gasteiger partial charge in [-0.2, -0.15) is 0 Å². The van der Waals surface area contributed by atoms with Gasteiger partial charge < -0.3 is 10.4 Å². The van der Waals surface area contributed by atoms with Gasteiger partial charge >= 0.3 is 0 Å². The Hall–Kier alpha value is -1.86. The van der Waals surface area contributed by atoms with Gasteiger partial charge in [-0.1, -0.05) is 11.3 Å². The molecule has 1 atom stereocenters. The van der Waals surface area contributed by atoms with E-state index in [4.69, 9.17) is 0 Å². The summed E-state index contributed by atoms with van der Waals surface area (Å²) in [5.74, 6) is -1.47. The van der Waals surface area contributed by atoms with Crippen molar-refractivity contribution in [3.05, 3.63) is 47.8 Å². The van der Waals surface area contributed by atoms with Crippen LogP contribution in [-0.2, 0) is 6.54 Å². The molecule has 0 saturated heterocycles. The number of aliphatic hydroxyl groups is 1. The van der Waals surface area contributed by atoms with Crippen LogP contribution < -0.4 is 5.32 Å². The monoisotopic (exact) mass is 282 g/mol. The van der Waals surface area contributed by atoms with Crippen molar-refractivity contribution in [1.82, 2.24) is 20.3 Å². The number of hydrogen-bond donors (Lipinski definition) is 2. The Morgan fingerprint density at radius 2 is 2.05 bits per heavy atom. The van der Waals surface area contributed by atoms with Gasteiger partial charge in [-0.15, -0.1) is 5.10 Å². The third kappa shape index (κ3) is 3.82. The molecule has 0 amide bonds. The van der Waals surface area contributed by atoms with E-state index in [1.165, 1.54) is 6.07 Å². The van der Waals surface area contributed by atoms with E-state index in [-0.39, 0.29) is 12.1 Å². The van der Waals surface area contributed by atoms with E-state index in [1.807, 2.05) is 0 Å². The van der Waals surface area contributed by atoms with Crippen molar-refractivity contribution in [1.29, 1.82) is 0 Å². The van der Waals surface area contributed by atoms with E-state index >= 15 is 0 Å². The number of aromatic nitrogens is 3. The van der Waals surface area contributed by atoms with Crippen molar-refractivity contribution in [3.8, 4) is 0 Å². The van der Waals surface area contributed by atoms with Gasteiger partial charge in [0.25, 0.3) is 0 Å². The molecule has 0 aliphatic rings. The van der Waals surface area contributed by atoms with Crippen LogP contribution in [-0.4, -0.2) is 33.2 Å². The van der Waals surface area contributed by atoms with Crippen molar-refractivity contribution >= 4 is 0 Å². The molecule has 1 heterocycles. The van der Waals surface area contributed by atoms with Gasteiger partial charge in [0.2, 0.25) is 0 Å². The quantitative estimate of drug-likeness (QED) is 0.751. The molecule has 20 heavy (non-hydrogen) atoms. The van der Waals surface area contributed by atoms with Crippen LogP contribution in [0.4, 0.5) is 8.78 Å². The Labute approximate surface area is 115 Å². The summed E-state index contributed by atoms with van der Waals surface area (Å²) in [5, 5.41) is 20.2. The summed E-state index contributed by atoms with van der Waals surface area (Å²) in [4.78, 5) is 0. The number of aliphatic hydroxyl groups excluding tert-OH is 1. The lowest BCUT2D eigenvalue weighted by molar-refractivity contribution is 0.165. The first kappa shape index (κ1) is 14.5. The second kappa shape index (κ2) is 7.06. The summed E-state index contributed by atoms with van der Waals surface area (Å²) in [6.07, 6.45) is 2.92. The molecule has 1 aromatic carbocycles. The lowest BCUT2D eigenvalue weighted by Crippen LogP contribution is -2.24. The zero-order valence-corrected chi connectivity index (χ0v) is 10.8. The van der Waals surface area contributed by atoms with Crippen LogP contribution in [0.25, 0.3) is 0 Å². The van der Waals surface area contributed by atoms with Gasteiger partial charge in [-0.25, -0.2) is 8.78 Å². The number of halogens is 2. The van der Waals surface area contributed by atoms with E-state index < -0.39 is 17.7 Å². The van der Waals surface area contributed by atoms with Crippen molar-refractivity contribution in [3.63, 3.8) is 0 Å². The van der Waals surface area contributed by atoms with Crippen LogP contribution in [0.15, 0.2) is 30.6 Å². The third-order valence-corrected chi connectivity index (χ3v) is 2.88. The largest absolute Gasteiger partial charge is 0.387 e. The van der Waals surface area contributed by atoms with Crippen LogP contribution >= 0.6 is 0 Å². The van der Waals surface area contributed by atoms with Gasteiger partial charge in [0.15, 0.2) is 0 Å². The maximum atomic E-state index is 13.4. The second-order valence-corrected chi connectivity index (χ2v) is 4.37. The lowest BCUT2D eigenvalue weighted by Gasteiger charge is -2.13. The Morgan fingerprint density at radius 3 is 2.70 bits per heavy atom. The fourth-order valence-electron chi connectivity index (χ4n) is 1.89. The van der Waals surface area contributed by atoms with E-state index in [1.54, 1.807) is 17.1 Å². The number of aryl methyl sites for hydroxylation is 1. The maximum absolute atomic E-state index is 13.4. The summed E-state index contributed by atoms with van der Waals surface area (Å²) in [7, 11) is 0. The first-order chi connectivity index (χ1) is 9.68. The number of hydrogen-bond acceptors (Lipinski definition) is 4. The molecule has 2 N–H and O–H groups in total. The topological polar surface area (TPSA) is 63.0 Å². The first-order valence-electron chi connectivity index (χ1n) is 6.35. The lowest BCUT2D eigenvalue weighted by atomic mass is 10.1. The summed E-state index contributed by atoms with van der Waals surface area (Å²) in [6, 6.07) is 3.53. The molecule has 108 valence electrons. The van der Waals surface area contributed by atoms with Crippen LogP contribution in [0.3, 0.4) is 0 Å². The van der Waals surface area contributed by atoms with Gasteiger partial charge in [0.05, 0.1) is 17.9 Å². The van der Waals surface area contributed by atoms with Crippen molar-refractivity contribution < 1.29 is 13.9 Å². The van der Waals surface area contributed by atoms with Gasteiger partial charge in [-0.3, -0.25) is 4.68 Å². The molecule has 0 bridgehead atoms. The molecule has 0 spiro atoms. The maximum Gasteiger partial charge on any atom is 0.131 e. The fourth-order valence-corrected chi connectivity index (χ4v) is 1.89. The standard InChI is InChI=1S/C13H16F2N4O/c14-10-3-1-4-11(15)13(10)12(20)9-16-5-2-7-19-8-6-17-18-19/h1,3-4,6,8,12,16,20H,2,5,7,9H2. The minimum absolute atomic E-state index is 0.0925. The molecule has 0 fully saturated rings. The Bertz CT molecular complexity index is 513. The van der Waals surface area contributed by atoms with Gasteiger partial charge in [0, 0.05) is 19.3 Å². The second-order valence-electron chi connectivity index (χ2n) is 4.37. The first-order valence-corrected chi connectivity index (χ1v) is 6.35. The van der Waals surface area contributed by atoms with Crippen LogP contribution in [0.2, 0.25) is 0 Å². The average Bonchev–Trinajstić information content (AvgIpc) is 2.91. The molecular formula is C13H16F2N4O. The van der Waals surface area contributed by atoms with Crippen LogP contribution in [0.1, 0.15) is 18.1 Å². The van der Waals surface area contributed by atoms with E-state index in [0.29, 0.717) is 13.1 Å². The SMILES string of the molecule is OC(CNCCCn1ccnn1)c1c(F)cccc1F. The fraction of sp³-hybridized carbons (Fsp3) is 0.385. The normalized spacial score (nSPS) is 12.6. The molecular weight excluding hydrogens is 266 g/mol. The Kier molecular flexibility index (Phi) is 5.14. The number of rotatable bonds is 7. The third-order valence-electron chi connectivity index (χ3n) is 2.88. The molecule has 0 saturated carbocycles. The van der Waals surface area contributed by atoms with E-state index in [9.17, 15) is 13.9 Å². The number of benzene rings is 1. The molecule has 1 aromatic heterocycles. The minimum atomic E-state index is -1.21. The average molecular weight is 282 g/mol. The van der Waals surface area contributed by atoms with Gasteiger partial charge in [0.1, 0.15) is 11.6 Å². The molecule has 1 unspecified atom stereocenters. The van der Waals surface area contributed by atoms with Crippen molar-refractivity contribution in [2.75, 3.05) is 13.1 Å². The molecule has 5 nitrogen and oxygen atoms in total. The molecule has 0 aliphatic heterocycles. The Morgan fingerprint density at radius 1 is 1.30 bits per heavy atom. The molecule has 0 radical (unpaired) electrons. The minimum Gasteiger partial charge on any atom is -0.387 e. The summed E-state index contributed by atoms with van der Waals surface area (Å²) in [6.45, 7) is 1.39. The highest BCUT2D eigenvalue weighted by atomic mass is 19.1. The molecule has 2 rings (SSSR count). The highest BCUT2D eigenvalue weighted by Gasteiger charge is 2.16. The number of nitrogens with zero attached hydrogens (tertiary/aromatic N) is 3. The predicted molar refractivity (Wildman–Crippen MR) is 68.8 cm³/mol. The zero-order valence-electron chi connectivity index (χ0n) is 10.8. The smallest absolute Gasteiger partial charge is 0.131 e. The Balaban J connectivity index is 1.73. The van der Waals surface area contributed by atoms with E-state index in [2.05, 4.69) is 15.6 Å². The summed E-state index contributed by atoms with van der Waals surface area (Å²) < 4.78 is 28.5. The molecule has 7 heteroatoms. The van der Waals surface area contributed by atoms with Crippen LogP contribution in [0.5, 0.6) is 0 Å². The predicted octanol–water partition coefficient (Wildman–Crippen LogP) is 1.27. The highest BCUT2D eigenvalue weighted by Crippen LogP contribution is 2.19. The summed E-state index contributed by atoms with van der Waals surface area (Å²) in [5.41, 5.74) is -0.295. The molecule has 0 aliphatic carbocycles. The van der Waals surface area contributed by atoms with Gasteiger partial charge in [-0.05, 0) is 25.1 Å². The molecule has 2 aromatic rings. The van der Waals surface area contributed by atoms with Crippen molar-refractivity contribution in [2.45, 2.75) is 19.1 Å². The zero-order chi connectivity index (χ0) is 14.4. The summed E-state index contributed by atoms with van der Waals surface area (Å²) >= 11 is 0. The number of nitrogens with one attached hydrogen (secondary N) is 1. The van der Waals surface area contributed by atoms with E-state index in [0.717, 1.165) is 18.6 Å². The van der Waals surface area contributed by atoms with Crippen LogP contribution in [0, 0.1) is 11.6 Å². The van der Waals surface area contributed by atoms with Crippen molar-refractivity contribution in [2.24, 2.45) is 0 Å². The highest BCUT2D eigenvalue weighted by molar-refractivity contribution is 5.22.